The van der Waals surface area contributed by atoms with Gasteiger partial charge in [0.25, 0.3) is 0 Å². The van der Waals surface area contributed by atoms with E-state index in [4.69, 9.17) is 4.99 Å². The molecule has 0 radical (unpaired) electrons. The number of nitrogens with zero attached hydrogens (tertiary/aromatic N) is 2. The molecule has 0 bridgehead atoms. The van der Waals surface area contributed by atoms with Gasteiger partial charge in [0, 0.05) is 19.4 Å². The van der Waals surface area contributed by atoms with Gasteiger partial charge >= 0.3 is 0 Å². The zero-order valence-electron chi connectivity index (χ0n) is 36.1. The van der Waals surface area contributed by atoms with Crippen LogP contribution in [0.15, 0.2) is 4.99 Å². The number of hydrogen-bond acceptors (Lipinski definition) is 3. The molecule has 1 unspecified atom stereocenters. The molecular weight excluding hydrogens is 635 g/mol. The van der Waals surface area contributed by atoms with Gasteiger partial charge in [-0.25, -0.2) is 0 Å². The normalized spacial score (nSPS) is 13.6. The van der Waals surface area contributed by atoms with Crippen LogP contribution >= 0.6 is 0 Å². The van der Waals surface area contributed by atoms with E-state index in [2.05, 4.69) is 31.0 Å². The molecule has 1 aliphatic heterocycles. The Kier molecular flexibility index (Phi) is 37.3. The summed E-state index contributed by atoms with van der Waals surface area (Å²) < 4.78 is 0. The maximum atomic E-state index is 12.7. The van der Waals surface area contributed by atoms with Gasteiger partial charge in [-0.3, -0.25) is 9.79 Å². The summed E-state index contributed by atoms with van der Waals surface area (Å²) in [5.74, 6) is 1.44. The lowest BCUT2D eigenvalue weighted by atomic mass is 10.0. The highest BCUT2D eigenvalue weighted by atomic mass is 16.1. The van der Waals surface area contributed by atoms with Crippen molar-refractivity contribution in [2.24, 2.45) is 4.99 Å². The molecular formula is C48H95N3O. The monoisotopic (exact) mass is 730 g/mol. The van der Waals surface area contributed by atoms with Crippen molar-refractivity contribution in [1.82, 2.24) is 10.2 Å². The third-order valence-corrected chi connectivity index (χ3v) is 11.8. The number of carbonyl (C=O) groups excluding carboxylic acids is 1. The quantitative estimate of drug-likeness (QED) is 0.0636. The molecule has 1 rings (SSSR count). The fourth-order valence-electron chi connectivity index (χ4n) is 8.26. The second kappa shape index (κ2) is 39.6. The van der Waals surface area contributed by atoms with Crippen LogP contribution in [0.1, 0.15) is 278 Å². The second-order valence-corrected chi connectivity index (χ2v) is 17.0. The first-order valence-electron chi connectivity index (χ1n) is 24.3. The second-order valence-electron chi connectivity index (χ2n) is 17.0. The van der Waals surface area contributed by atoms with Gasteiger partial charge in [-0.2, -0.15) is 0 Å². The van der Waals surface area contributed by atoms with Crippen molar-refractivity contribution < 1.29 is 4.79 Å². The Morgan fingerprint density at radius 2 is 0.769 bits per heavy atom. The summed E-state index contributed by atoms with van der Waals surface area (Å²) in [7, 11) is 0. The summed E-state index contributed by atoms with van der Waals surface area (Å²) in [6.45, 7) is 8.58. The molecule has 4 nitrogen and oxygen atoms in total. The number of nitrogens with one attached hydrogen (secondary N) is 1. The van der Waals surface area contributed by atoms with E-state index in [0.29, 0.717) is 6.42 Å². The minimum absolute atomic E-state index is 0.0643. The van der Waals surface area contributed by atoms with Gasteiger partial charge in [0.1, 0.15) is 5.84 Å². The SMILES string of the molecule is CCCCCCCCCCCCCCCCCCCCCC(=O)NC(C)N1CCN=C1CCCCCCCCCCCCCCCCCCCCC. The number of carbonyl (C=O) groups is 1. The molecule has 0 saturated carbocycles. The molecule has 0 aliphatic carbocycles. The highest BCUT2D eigenvalue weighted by molar-refractivity contribution is 5.84. The minimum Gasteiger partial charge on any atom is -0.338 e. The van der Waals surface area contributed by atoms with Crippen LogP contribution in [0, 0.1) is 0 Å². The van der Waals surface area contributed by atoms with E-state index >= 15 is 0 Å². The summed E-state index contributed by atoms with van der Waals surface area (Å²) in [4.78, 5) is 19.8. The van der Waals surface area contributed by atoms with Gasteiger partial charge < -0.3 is 10.2 Å². The Hall–Kier alpha value is -1.06. The lowest BCUT2D eigenvalue weighted by Gasteiger charge is -2.28. The van der Waals surface area contributed by atoms with E-state index in [0.717, 1.165) is 25.9 Å². The Balaban J connectivity index is 1.86. The predicted molar refractivity (Wildman–Crippen MR) is 233 cm³/mol. The van der Waals surface area contributed by atoms with Crippen molar-refractivity contribution in [3.63, 3.8) is 0 Å². The number of hydrogen-bond donors (Lipinski definition) is 1. The summed E-state index contributed by atoms with van der Waals surface area (Å²) in [5, 5.41) is 3.28. The molecule has 1 amide bonds. The van der Waals surface area contributed by atoms with Crippen molar-refractivity contribution in [2.45, 2.75) is 284 Å². The van der Waals surface area contributed by atoms with Crippen molar-refractivity contribution in [3.05, 3.63) is 0 Å². The minimum atomic E-state index is 0.0643. The summed E-state index contributed by atoms with van der Waals surface area (Å²) in [5.41, 5.74) is 0. The van der Waals surface area contributed by atoms with Crippen LogP contribution in [0.3, 0.4) is 0 Å². The number of rotatable bonds is 42. The number of amides is 1. The third-order valence-electron chi connectivity index (χ3n) is 11.8. The number of aliphatic imine (C=N–C) groups is 1. The predicted octanol–water partition coefficient (Wildman–Crippen LogP) is 15.8. The van der Waals surface area contributed by atoms with E-state index in [1.54, 1.807) is 0 Å². The molecule has 1 N–H and O–H groups in total. The molecule has 0 spiro atoms. The van der Waals surface area contributed by atoms with Crippen molar-refractivity contribution >= 4 is 11.7 Å². The molecule has 1 atom stereocenters. The van der Waals surface area contributed by atoms with E-state index in [1.165, 1.54) is 243 Å². The standard InChI is InChI=1S/C48H95N3O/c1-4-6-8-10-12-14-16-18-20-22-24-26-28-30-32-34-36-38-40-42-47-49-44-45-51(47)46(3)50-48(52)43-41-39-37-35-33-31-29-27-25-23-21-19-17-15-13-11-9-7-5-2/h46H,4-45H2,1-3H3,(H,50,52). The molecule has 1 heterocycles. The average molecular weight is 730 g/mol. The van der Waals surface area contributed by atoms with Crippen molar-refractivity contribution in [3.8, 4) is 0 Å². The zero-order valence-corrected chi connectivity index (χ0v) is 36.1. The van der Waals surface area contributed by atoms with E-state index in [-0.39, 0.29) is 12.1 Å². The Morgan fingerprint density at radius 1 is 0.481 bits per heavy atom. The van der Waals surface area contributed by atoms with Crippen LogP contribution in [-0.4, -0.2) is 35.9 Å². The van der Waals surface area contributed by atoms with Crippen LogP contribution in [0.2, 0.25) is 0 Å². The lowest BCUT2D eigenvalue weighted by molar-refractivity contribution is -0.122. The topological polar surface area (TPSA) is 44.7 Å². The smallest absolute Gasteiger partial charge is 0.221 e. The fraction of sp³-hybridized carbons (Fsp3) is 0.958. The molecule has 0 aromatic rings. The van der Waals surface area contributed by atoms with Gasteiger partial charge in [-0.1, -0.05) is 245 Å². The molecule has 0 aromatic heterocycles. The largest absolute Gasteiger partial charge is 0.338 e. The van der Waals surface area contributed by atoms with Gasteiger partial charge in [0.2, 0.25) is 5.91 Å². The van der Waals surface area contributed by atoms with Crippen LogP contribution in [0.4, 0.5) is 0 Å². The summed E-state index contributed by atoms with van der Waals surface area (Å²) in [6.07, 6.45) is 55.0. The third kappa shape index (κ3) is 32.4. The van der Waals surface area contributed by atoms with Gasteiger partial charge in [0.15, 0.2) is 0 Å². The van der Waals surface area contributed by atoms with Crippen molar-refractivity contribution in [1.29, 1.82) is 0 Å². The molecule has 0 saturated heterocycles. The highest BCUT2D eigenvalue weighted by Gasteiger charge is 2.22. The summed E-state index contributed by atoms with van der Waals surface area (Å²) in [6, 6.07) is 0. The molecule has 0 fully saturated rings. The van der Waals surface area contributed by atoms with Crippen molar-refractivity contribution in [2.75, 3.05) is 13.1 Å². The molecule has 52 heavy (non-hydrogen) atoms. The molecule has 0 aromatic carbocycles. The van der Waals surface area contributed by atoms with Gasteiger partial charge in [0.05, 0.1) is 12.7 Å². The maximum absolute atomic E-state index is 12.7. The summed E-state index contributed by atoms with van der Waals surface area (Å²) >= 11 is 0. The first-order valence-corrected chi connectivity index (χ1v) is 24.3. The van der Waals surface area contributed by atoms with Crippen LogP contribution < -0.4 is 5.32 Å². The fourth-order valence-corrected chi connectivity index (χ4v) is 8.26. The van der Waals surface area contributed by atoms with Crippen LogP contribution in [-0.2, 0) is 4.79 Å². The molecule has 1 aliphatic rings. The van der Waals surface area contributed by atoms with E-state index < -0.39 is 0 Å². The first-order chi connectivity index (χ1) is 25.7. The van der Waals surface area contributed by atoms with E-state index in [9.17, 15) is 4.79 Å². The average Bonchev–Trinajstić information content (AvgIpc) is 3.62. The molecule has 4 heteroatoms. The van der Waals surface area contributed by atoms with Gasteiger partial charge in [-0.15, -0.1) is 0 Å². The first kappa shape index (κ1) is 49.0. The maximum Gasteiger partial charge on any atom is 0.221 e. The number of unbranched alkanes of at least 4 members (excludes halogenated alkanes) is 36. The zero-order chi connectivity index (χ0) is 37.4. The van der Waals surface area contributed by atoms with Crippen LogP contribution in [0.25, 0.3) is 0 Å². The Labute approximate surface area is 327 Å². The number of amidine groups is 1. The lowest BCUT2D eigenvalue weighted by Crippen LogP contribution is -2.47. The van der Waals surface area contributed by atoms with E-state index in [1.807, 2.05) is 0 Å². The van der Waals surface area contributed by atoms with Gasteiger partial charge in [-0.05, 0) is 19.8 Å². The highest BCUT2D eigenvalue weighted by Crippen LogP contribution is 2.18. The van der Waals surface area contributed by atoms with Crippen LogP contribution in [0.5, 0.6) is 0 Å². The molecule has 308 valence electrons. The Morgan fingerprint density at radius 3 is 1.10 bits per heavy atom. The Bertz CT molecular complexity index is 767.